The van der Waals surface area contributed by atoms with Gasteiger partial charge in [-0.05, 0) is 40.0 Å². The summed E-state index contributed by atoms with van der Waals surface area (Å²) >= 11 is 3.39. The molecule has 1 aromatic carbocycles. The van der Waals surface area contributed by atoms with Gasteiger partial charge in [0.15, 0.2) is 0 Å². The van der Waals surface area contributed by atoms with Crippen molar-refractivity contribution in [2.75, 3.05) is 26.2 Å². The zero-order chi connectivity index (χ0) is 12.3. The van der Waals surface area contributed by atoms with Crippen LogP contribution in [0.2, 0.25) is 0 Å². The van der Waals surface area contributed by atoms with E-state index in [1.807, 2.05) is 12.1 Å². The predicted molar refractivity (Wildman–Crippen MR) is 73.3 cm³/mol. The molecule has 1 aromatic rings. The third-order valence-corrected chi connectivity index (χ3v) is 3.97. The van der Waals surface area contributed by atoms with Crippen LogP contribution in [-0.2, 0) is 0 Å². The number of nitrogens with one attached hydrogen (secondary N) is 1. The average Bonchev–Trinajstić information content (AvgIpc) is 2.36. The van der Waals surface area contributed by atoms with E-state index in [1.165, 1.54) is 5.56 Å². The smallest absolute Gasteiger partial charge is 0.129 e. The molecule has 0 bridgehead atoms. The highest BCUT2D eigenvalue weighted by Gasteiger charge is 2.20. The van der Waals surface area contributed by atoms with E-state index in [2.05, 4.69) is 33.1 Å². The van der Waals surface area contributed by atoms with Gasteiger partial charge in [0.25, 0.3) is 0 Å². The maximum atomic E-state index is 9.54. The fourth-order valence-electron chi connectivity index (χ4n) is 2.43. The highest BCUT2D eigenvalue weighted by molar-refractivity contribution is 9.10. The third kappa shape index (κ3) is 3.00. The van der Waals surface area contributed by atoms with E-state index in [-0.39, 0.29) is 0 Å². The van der Waals surface area contributed by atoms with E-state index in [0.717, 1.165) is 37.1 Å². The molecule has 4 heteroatoms. The van der Waals surface area contributed by atoms with Crippen molar-refractivity contribution < 1.29 is 5.11 Å². The number of aromatic hydroxyl groups is 1. The predicted octanol–water partition coefficient (Wildman–Crippen LogP) is 2.51. The van der Waals surface area contributed by atoms with Gasteiger partial charge in [-0.2, -0.15) is 0 Å². The van der Waals surface area contributed by atoms with Crippen LogP contribution < -0.4 is 5.32 Å². The zero-order valence-electron chi connectivity index (χ0n) is 10.1. The molecular weight excluding hydrogens is 280 g/mol. The molecule has 1 heterocycles. The lowest BCUT2D eigenvalue weighted by Crippen LogP contribution is -2.45. The molecule has 2 N–H and O–H groups in total. The number of benzene rings is 1. The van der Waals surface area contributed by atoms with Gasteiger partial charge in [-0.25, -0.2) is 0 Å². The van der Waals surface area contributed by atoms with E-state index in [0.29, 0.717) is 11.8 Å². The molecule has 0 unspecified atom stereocenters. The number of phenolic OH excluding ortho intramolecular Hbond substituents is 1. The summed E-state index contributed by atoms with van der Waals surface area (Å²) in [5.41, 5.74) is 1.28. The number of piperazine rings is 1. The maximum Gasteiger partial charge on any atom is 0.129 e. The number of halogens is 1. The molecule has 1 aliphatic rings. The van der Waals surface area contributed by atoms with Crippen molar-refractivity contribution in [1.82, 2.24) is 10.2 Å². The number of nitrogens with zero attached hydrogens (tertiary/aromatic N) is 1. The summed E-state index contributed by atoms with van der Waals surface area (Å²) in [7, 11) is 0. The van der Waals surface area contributed by atoms with Crippen molar-refractivity contribution in [3.8, 4) is 5.75 Å². The molecular formula is C13H19BrN2O. The van der Waals surface area contributed by atoms with E-state index in [1.54, 1.807) is 6.07 Å². The Morgan fingerprint density at radius 2 is 2.12 bits per heavy atom. The molecule has 1 aliphatic heterocycles. The normalized spacial score (nSPS) is 19.2. The largest absolute Gasteiger partial charge is 0.507 e. The summed E-state index contributed by atoms with van der Waals surface area (Å²) in [6.07, 6.45) is 1.09. The van der Waals surface area contributed by atoms with Crippen LogP contribution in [0.1, 0.15) is 24.9 Å². The van der Waals surface area contributed by atoms with Crippen LogP contribution in [0, 0.1) is 0 Å². The van der Waals surface area contributed by atoms with Crippen molar-refractivity contribution in [2.45, 2.75) is 19.4 Å². The number of rotatable bonds is 3. The van der Waals surface area contributed by atoms with Crippen LogP contribution in [0.25, 0.3) is 0 Å². The molecule has 1 fully saturated rings. The summed E-state index contributed by atoms with van der Waals surface area (Å²) in [6.45, 7) is 6.53. The summed E-state index contributed by atoms with van der Waals surface area (Å²) in [5.74, 6) is 0.309. The molecule has 0 spiro atoms. The highest BCUT2D eigenvalue weighted by atomic mass is 79.9. The van der Waals surface area contributed by atoms with E-state index in [4.69, 9.17) is 0 Å². The van der Waals surface area contributed by atoms with Crippen molar-refractivity contribution in [3.63, 3.8) is 0 Å². The summed E-state index contributed by atoms with van der Waals surface area (Å²) < 4.78 is 0.781. The van der Waals surface area contributed by atoms with Crippen LogP contribution in [-0.4, -0.2) is 36.2 Å². The van der Waals surface area contributed by atoms with Gasteiger partial charge in [-0.3, -0.25) is 4.90 Å². The zero-order valence-corrected chi connectivity index (χ0v) is 11.7. The molecule has 1 saturated heterocycles. The van der Waals surface area contributed by atoms with Gasteiger partial charge in [0.1, 0.15) is 5.75 Å². The van der Waals surface area contributed by atoms with Crippen LogP contribution in [0.3, 0.4) is 0 Å². The summed E-state index contributed by atoms with van der Waals surface area (Å²) in [6, 6.07) is 6.28. The minimum atomic E-state index is 0.309. The second-order valence-electron chi connectivity index (χ2n) is 4.42. The fraction of sp³-hybridized carbons (Fsp3) is 0.538. The van der Waals surface area contributed by atoms with Gasteiger partial charge < -0.3 is 10.4 Å². The van der Waals surface area contributed by atoms with Crippen LogP contribution in [0.15, 0.2) is 22.7 Å². The molecule has 3 nitrogen and oxygen atoms in total. The van der Waals surface area contributed by atoms with Crippen molar-refractivity contribution in [3.05, 3.63) is 28.2 Å². The molecule has 0 saturated carbocycles. The molecule has 0 aromatic heterocycles. The Morgan fingerprint density at radius 3 is 2.71 bits per heavy atom. The van der Waals surface area contributed by atoms with E-state index < -0.39 is 0 Å². The Bertz CT molecular complexity index is 378. The molecule has 0 amide bonds. The first kappa shape index (κ1) is 12.9. The van der Waals surface area contributed by atoms with E-state index in [9.17, 15) is 5.11 Å². The molecule has 0 radical (unpaired) electrons. The topological polar surface area (TPSA) is 35.5 Å². The number of hydrogen-bond donors (Lipinski definition) is 2. The lowest BCUT2D eigenvalue weighted by atomic mass is 10.0. The van der Waals surface area contributed by atoms with Gasteiger partial charge in [0.05, 0.1) is 4.47 Å². The fourth-order valence-corrected chi connectivity index (χ4v) is 2.83. The summed E-state index contributed by atoms with van der Waals surface area (Å²) in [4.78, 5) is 2.51. The van der Waals surface area contributed by atoms with Gasteiger partial charge >= 0.3 is 0 Å². The maximum absolute atomic E-state index is 9.54. The highest BCUT2D eigenvalue weighted by Crippen LogP contribution is 2.31. The minimum Gasteiger partial charge on any atom is -0.507 e. The Morgan fingerprint density at radius 1 is 1.41 bits per heavy atom. The second kappa shape index (κ2) is 5.85. The molecule has 1 atom stereocenters. The second-order valence-corrected chi connectivity index (χ2v) is 5.28. The number of hydrogen-bond acceptors (Lipinski definition) is 3. The molecule has 94 valence electrons. The van der Waals surface area contributed by atoms with Gasteiger partial charge in [-0.15, -0.1) is 0 Å². The quantitative estimate of drug-likeness (QED) is 0.900. The summed E-state index contributed by atoms with van der Waals surface area (Å²) in [5, 5.41) is 12.9. The van der Waals surface area contributed by atoms with Gasteiger partial charge in [0, 0.05) is 32.2 Å². The van der Waals surface area contributed by atoms with Gasteiger partial charge in [-0.1, -0.05) is 13.0 Å². The molecule has 0 aliphatic carbocycles. The first-order chi connectivity index (χ1) is 8.22. The monoisotopic (exact) mass is 298 g/mol. The first-order valence-electron chi connectivity index (χ1n) is 6.15. The lowest BCUT2D eigenvalue weighted by molar-refractivity contribution is 0.169. The Balaban J connectivity index is 2.18. The van der Waals surface area contributed by atoms with Crippen molar-refractivity contribution in [2.24, 2.45) is 0 Å². The first-order valence-corrected chi connectivity index (χ1v) is 6.95. The minimum absolute atomic E-state index is 0.309. The third-order valence-electron chi connectivity index (χ3n) is 3.34. The van der Waals surface area contributed by atoms with Crippen LogP contribution >= 0.6 is 15.9 Å². The standard InChI is InChI=1S/C13H19BrN2O/c1-2-12(16-7-5-15-6-8-16)10-3-4-13(17)11(14)9-10/h3-4,9,12,15,17H,2,5-8H2,1H3/t12-/m1/s1. The van der Waals surface area contributed by atoms with E-state index >= 15 is 0 Å². The van der Waals surface area contributed by atoms with Crippen molar-refractivity contribution in [1.29, 1.82) is 0 Å². The SMILES string of the molecule is CC[C@H](c1ccc(O)c(Br)c1)N1CCNCC1. The van der Waals surface area contributed by atoms with Crippen LogP contribution in [0.5, 0.6) is 5.75 Å². The average molecular weight is 299 g/mol. The Labute approximate surface area is 111 Å². The van der Waals surface area contributed by atoms with Gasteiger partial charge in [0.2, 0.25) is 0 Å². The molecule has 2 rings (SSSR count). The Kier molecular flexibility index (Phi) is 4.42. The number of phenols is 1. The van der Waals surface area contributed by atoms with Crippen LogP contribution in [0.4, 0.5) is 0 Å². The van der Waals surface area contributed by atoms with Crippen molar-refractivity contribution >= 4 is 15.9 Å². The lowest BCUT2D eigenvalue weighted by Gasteiger charge is -2.34. The Hall–Kier alpha value is -0.580. The molecule has 17 heavy (non-hydrogen) atoms.